The fraction of sp³-hybridized carbons (Fsp3) is 0.0909. The summed E-state index contributed by atoms with van der Waals surface area (Å²) in [6, 6.07) is 24.1. The zero-order chi connectivity index (χ0) is 19.8. The van der Waals surface area contributed by atoms with E-state index in [-0.39, 0.29) is 0 Å². The first-order valence-electron chi connectivity index (χ1n) is 8.83. The van der Waals surface area contributed by atoms with E-state index in [1.165, 1.54) is 11.8 Å². The van der Waals surface area contributed by atoms with E-state index in [2.05, 4.69) is 10.6 Å². The summed E-state index contributed by atoms with van der Waals surface area (Å²) in [6.07, 6.45) is 0. The lowest BCUT2D eigenvalue weighted by atomic mass is 10.3. The molecule has 3 rings (SSSR count). The minimum absolute atomic E-state index is 0.524. The lowest BCUT2D eigenvalue weighted by Crippen LogP contribution is -2.29. The predicted molar refractivity (Wildman–Crippen MR) is 112 cm³/mol. The molecular weight excluding hydrogens is 372 g/mol. The van der Waals surface area contributed by atoms with Crippen LogP contribution in [-0.4, -0.2) is 18.4 Å². The summed E-state index contributed by atoms with van der Waals surface area (Å²) in [5.41, 5.74) is 1.11. The fourth-order valence-electron chi connectivity index (χ4n) is 2.44. The van der Waals surface area contributed by atoms with Crippen LogP contribution in [0.3, 0.4) is 0 Å². The number of anilines is 2. The number of carbonyl (C=O) groups excluding carboxylic acids is 2. The first-order chi connectivity index (χ1) is 13.7. The number of ether oxygens (including phenoxy) is 1. The number of hydrogen-bond donors (Lipinski definition) is 2. The van der Waals surface area contributed by atoms with Gasteiger partial charge in [0.1, 0.15) is 5.75 Å². The Morgan fingerprint density at radius 1 is 0.821 bits per heavy atom. The summed E-state index contributed by atoms with van der Waals surface area (Å²) in [7, 11) is 0. The van der Waals surface area contributed by atoms with Crippen molar-refractivity contribution in [2.45, 2.75) is 16.7 Å². The van der Waals surface area contributed by atoms with Gasteiger partial charge in [0.25, 0.3) is 0 Å². The molecule has 0 spiro atoms. The molecule has 0 atom stereocenters. The van der Waals surface area contributed by atoms with Gasteiger partial charge in [-0.25, -0.2) is 0 Å². The summed E-state index contributed by atoms with van der Waals surface area (Å²) in [5, 5.41) is 5.27. The molecule has 2 amide bonds. The molecular formula is C22H20N2O3S. The molecule has 0 aromatic heterocycles. The molecule has 6 heteroatoms. The van der Waals surface area contributed by atoms with E-state index in [1.54, 1.807) is 30.3 Å². The standard InChI is InChI=1S/C22H20N2O3S/c1-2-27-17-14-12-16(13-15-17)23-21(25)22(26)24-19-10-6-7-11-20(19)28-18-8-4-3-5-9-18/h3-15H,2H2,1H3,(H,23,25)(H,24,26). The lowest BCUT2D eigenvalue weighted by Gasteiger charge is -2.11. The summed E-state index contributed by atoms with van der Waals surface area (Å²) >= 11 is 1.52. The molecule has 28 heavy (non-hydrogen) atoms. The Kier molecular flexibility index (Phi) is 6.70. The molecule has 2 N–H and O–H groups in total. The number of carbonyl (C=O) groups is 2. The maximum absolute atomic E-state index is 12.3. The van der Waals surface area contributed by atoms with Crippen molar-refractivity contribution in [1.82, 2.24) is 0 Å². The fourth-order valence-corrected chi connectivity index (χ4v) is 3.37. The van der Waals surface area contributed by atoms with Gasteiger partial charge in [-0.3, -0.25) is 9.59 Å². The second kappa shape index (κ2) is 9.62. The summed E-state index contributed by atoms with van der Waals surface area (Å²) in [4.78, 5) is 26.5. The van der Waals surface area contributed by atoms with Crippen molar-refractivity contribution in [2.24, 2.45) is 0 Å². The molecule has 0 aliphatic rings. The van der Waals surface area contributed by atoms with Crippen LogP contribution in [0.5, 0.6) is 5.75 Å². The molecule has 0 aliphatic carbocycles. The van der Waals surface area contributed by atoms with E-state index in [0.29, 0.717) is 23.7 Å². The van der Waals surface area contributed by atoms with E-state index in [0.717, 1.165) is 9.79 Å². The quantitative estimate of drug-likeness (QED) is 0.591. The predicted octanol–water partition coefficient (Wildman–Crippen LogP) is 4.81. The number of nitrogens with one attached hydrogen (secondary N) is 2. The van der Waals surface area contributed by atoms with E-state index < -0.39 is 11.8 Å². The Bertz CT molecular complexity index is 944. The van der Waals surface area contributed by atoms with Gasteiger partial charge in [-0.05, 0) is 55.5 Å². The summed E-state index contributed by atoms with van der Waals surface area (Å²) in [6.45, 7) is 2.46. The first-order valence-corrected chi connectivity index (χ1v) is 9.64. The van der Waals surface area contributed by atoms with Crippen molar-refractivity contribution in [2.75, 3.05) is 17.2 Å². The van der Waals surface area contributed by atoms with Gasteiger partial charge >= 0.3 is 11.8 Å². The third kappa shape index (κ3) is 5.37. The summed E-state index contributed by atoms with van der Waals surface area (Å²) < 4.78 is 5.36. The molecule has 0 fully saturated rings. The topological polar surface area (TPSA) is 67.4 Å². The van der Waals surface area contributed by atoms with Gasteiger partial charge < -0.3 is 15.4 Å². The molecule has 142 valence electrons. The minimum atomic E-state index is -0.733. The Balaban J connectivity index is 1.64. The van der Waals surface area contributed by atoms with Crippen molar-refractivity contribution < 1.29 is 14.3 Å². The Morgan fingerprint density at radius 2 is 1.46 bits per heavy atom. The van der Waals surface area contributed by atoms with Crippen molar-refractivity contribution in [3.8, 4) is 5.75 Å². The van der Waals surface area contributed by atoms with Crippen LogP contribution >= 0.6 is 11.8 Å². The number of para-hydroxylation sites is 1. The third-order valence-corrected chi connectivity index (χ3v) is 4.82. The van der Waals surface area contributed by atoms with Crippen LogP contribution in [0.1, 0.15) is 6.92 Å². The van der Waals surface area contributed by atoms with E-state index in [1.807, 2.05) is 55.5 Å². The van der Waals surface area contributed by atoms with Gasteiger partial charge in [-0.1, -0.05) is 42.1 Å². The Labute approximate surface area is 168 Å². The molecule has 0 heterocycles. The number of benzene rings is 3. The van der Waals surface area contributed by atoms with E-state index in [4.69, 9.17) is 4.74 Å². The normalized spacial score (nSPS) is 10.2. The zero-order valence-electron chi connectivity index (χ0n) is 15.3. The Morgan fingerprint density at radius 3 is 2.18 bits per heavy atom. The van der Waals surface area contributed by atoms with Gasteiger partial charge in [0, 0.05) is 15.5 Å². The van der Waals surface area contributed by atoms with Crippen LogP contribution < -0.4 is 15.4 Å². The number of amides is 2. The molecule has 0 saturated heterocycles. The van der Waals surface area contributed by atoms with Crippen molar-refractivity contribution in [3.63, 3.8) is 0 Å². The highest BCUT2D eigenvalue weighted by atomic mass is 32.2. The summed E-state index contributed by atoms with van der Waals surface area (Å²) in [5.74, 6) is -0.754. The second-order valence-corrected chi connectivity index (χ2v) is 6.89. The zero-order valence-corrected chi connectivity index (χ0v) is 16.2. The van der Waals surface area contributed by atoms with Gasteiger partial charge in [-0.2, -0.15) is 0 Å². The highest BCUT2D eigenvalue weighted by molar-refractivity contribution is 7.99. The maximum atomic E-state index is 12.3. The highest BCUT2D eigenvalue weighted by Crippen LogP contribution is 2.33. The molecule has 0 unspecified atom stereocenters. The highest BCUT2D eigenvalue weighted by Gasteiger charge is 2.16. The molecule has 5 nitrogen and oxygen atoms in total. The largest absolute Gasteiger partial charge is 0.494 e. The first kappa shape index (κ1) is 19.5. The van der Waals surface area contributed by atoms with Crippen LogP contribution in [0, 0.1) is 0 Å². The maximum Gasteiger partial charge on any atom is 0.314 e. The van der Waals surface area contributed by atoms with Crippen LogP contribution in [0.4, 0.5) is 11.4 Å². The van der Waals surface area contributed by atoms with Crippen LogP contribution in [-0.2, 0) is 9.59 Å². The lowest BCUT2D eigenvalue weighted by molar-refractivity contribution is -0.133. The molecule has 0 bridgehead atoms. The van der Waals surface area contributed by atoms with Crippen molar-refractivity contribution in [3.05, 3.63) is 78.9 Å². The van der Waals surface area contributed by atoms with Crippen LogP contribution in [0.2, 0.25) is 0 Å². The van der Waals surface area contributed by atoms with Crippen LogP contribution in [0.15, 0.2) is 88.7 Å². The second-order valence-electron chi connectivity index (χ2n) is 5.78. The van der Waals surface area contributed by atoms with Gasteiger partial charge in [0.05, 0.1) is 12.3 Å². The molecule has 0 saturated carbocycles. The van der Waals surface area contributed by atoms with Gasteiger partial charge in [0.2, 0.25) is 0 Å². The van der Waals surface area contributed by atoms with Crippen molar-refractivity contribution in [1.29, 1.82) is 0 Å². The monoisotopic (exact) mass is 392 g/mol. The van der Waals surface area contributed by atoms with Crippen LogP contribution in [0.25, 0.3) is 0 Å². The minimum Gasteiger partial charge on any atom is -0.494 e. The number of hydrogen-bond acceptors (Lipinski definition) is 4. The smallest absolute Gasteiger partial charge is 0.314 e. The average molecular weight is 392 g/mol. The Hall–Kier alpha value is -3.25. The molecule has 3 aromatic rings. The van der Waals surface area contributed by atoms with Gasteiger partial charge in [-0.15, -0.1) is 0 Å². The third-order valence-electron chi connectivity index (χ3n) is 3.74. The van der Waals surface area contributed by atoms with Gasteiger partial charge in [0.15, 0.2) is 0 Å². The van der Waals surface area contributed by atoms with E-state index in [9.17, 15) is 9.59 Å². The average Bonchev–Trinajstić information content (AvgIpc) is 2.72. The molecule has 3 aromatic carbocycles. The molecule has 0 aliphatic heterocycles. The number of rotatable bonds is 6. The van der Waals surface area contributed by atoms with E-state index >= 15 is 0 Å². The van der Waals surface area contributed by atoms with Crippen molar-refractivity contribution >= 4 is 35.0 Å². The molecule has 0 radical (unpaired) electrons. The SMILES string of the molecule is CCOc1ccc(NC(=O)C(=O)Nc2ccccc2Sc2ccccc2)cc1.